The minimum absolute atomic E-state index is 0.121. The second-order valence-electron chi connectivity index (χ2n) is 4.90. The fraction of sp³-hybridized carbons (Fsp3) is 0.500. The summed E-state index contributed by atoms with van der Waals surface area (Å²) in [6.45, 7) is 7.25. The molecule has 0 saturated heterocycles. The summed E-state index contributed by atoms with van der Waals surface area (Å²) in [5.74, 6) is -0.0892. The van der Waals surface area contributed by atoms with Crippen molar-refractivity contribution >= 4 is 17.5 Å². The maximum atomic E-state index is 11.8. The standard InChI is InChI=1S/C16H26N4O3/c1-3-20(4-2)9-10-23-14-8-6-5-7-13(14)19-16(22)12-18-15(21)11-17/h5-8H,3-4,9-12,17H2,1-2H3,(H,18,21)(H,19,22). The number of nitrogens with two attached hydrogens (primary N) is 1. The molecule has 1 aromatic carbocycles. The molecule has 7 nitrogen and oxygen atoms in total. The van der Waals surface area contributed by atoms with Crippen LogP contribution in [0, 0.1) is 0 Å². The Balaban J connectivity index is 2.53. The number of anilines is 1. The highest BCUT2D eigenvalue weighted by molar-refractivity contribution is 5.95. The Kier molecular flexibility index (Phi) is 8.71. The normalized spacial score (nSPS) is 10.4. The summed E-state index contributed by atoms with van der Waals surface area (Å²) < 4.78 is 5.76. The Morgan fingerprint density at radius 1 is 1.17 bits per heavy atom. The zero-order valence-corrected chi connectivity index (χ0v) is 13.8. The fourth-order valence-electron chi connectivity index (χ4n) is 1.97. The largest absolute Gasteiger partial charge is 0.490 e. The zero-order valence-electron chi connectivity index (χ0n) is 13.8. The SMILES string of the molecule is CCN(CC)CCOc1ccccc1NC(=O)CNC(=O)CN. The summed E-state index contributed by atoms with van der Waals surface area (Å²) in [5, 5.41) is 5.14. The van der Waals surface area contributed by atoms with E-state index in [1.165, 1.54) is 0 Å². The van der Waals surface area contributed by atoms with Crippen LogP contribution in [0.2, 0.25) is 0 Å². The molecule has 128 valence electrons. The third-order valence-corrected chi connectivity index (χ3v) is 3.35. The van der Waals surface area contributed by atoms with Crippen molar-refractivity contribution in [2.24, 2.45) is 5.73 Å². The molecule has 0 fully saturated rings. The van der Waals surface area contributed by atoms with E-state index in [1.807, 2.05) is 12.1 Å². The lowest BCUT2D eigenvalue weighted by Crippen LogP contribution is -2.36. The van der Waals surface area contributed by atoms with E-state index < -0.39 is 0 Å². The van der Waals surface area contributed by atoms with Crippen LogP contribution in [0.25, 0.3) is 0 Å². The van der Waals surface area contributed by atoms with Crippen molar-refractivity contribution in [2.45, 2.75) is 13.8 Å². The number of carbonyl (C=O) groups is 2. The van der Waals surface area contributed by atoms with Gasteiger partial charge in [0.1, 0.15) is 12.4 Å². The smallest absolute Gasteiger partial charge is 0.243 e. The third-order valence-electron chi connectivity index (χ3n) is 3.35. The molecular weight excluding hydrogens is 296 g/mol. The number of rotatable bonds is 10. The van der Waals surface area contributed by atoms with Crippen LogP contribution >= 0.6 is 0 Å². The Bertz CT molecular complexity index is 504. The van der Waals surface area contributed by atoms with Crippen LogP contribution < -0.4 is 21.1 Å². The van der Waals surface area contributed by atoms with E-state index in [-0.39, 0.29) is 24.9 Å². The maximum absolute atomic E-state index is 11.8. The lowest BCUT2D eigenvalue weighted by molar-refractivity contribution is -0.123. The summed E-state index contributed by atoms with van der Waals surface area (Å²) in [7, 11) is 0. The van der Waals surface area contributed by atoms with E-state index in [1.54, 1.807) is 12.1 Å². The van der Waals surface area contributed by atoms with Gasteiger partial charge in [0.05, 0.1) is 18.8 Å². The van der Waals surface area contributed by atoms with Gasteiger partial charge in [0, 0.05) is 6.54 Å². The Morgan fingerprint density at radius 2 is 1.87 bits per heavy atom. The van der Waals surface area contributed by atoms with Gasteiger partial charge in [-0.25, -0.2) is 0 Å². The number of carbonyl (C=O) groups excluding carboxylic acids is 2. The summed E-state index contributed by atoms with van der Waals surface area (Å²) in [6, 6.07) is 7.22. The molecule has 0 bridgehead atoms. The zero-order chi connectivity index (χ0) is 17.1. The second-order valence-corrected chi connectivity index (χ2v) is 4.90. The van der Waals surface area contributed by atoms with Gasteiger partial charge < -0.3 is 26.0 Å². The molecule has 0 spiro atoms. The van der Waals surface area contributed by atoms with Crippen molar-refractivity contribution in [3.8, 4) is 5.75 Å². The number of hydrogen-bond acceptors (Lipinski definition) is 5. The third kappa shape index (κ3) is 7.12. The molecule has 0 radical (unpaired) electrons. The molecule has 1 aromatic rings. The van der Waals surface area contributed by atoms with E-state index in [0.29, 0.717) is 18.0 Å². The molecule has 1 rings (SSSR count). The highest BCUT2D eigenvalue weighted by Gasteiger charge is 2.09. The minimum atomic E-state index is -0.371. The van der Waals surface area contributed by atoms with Gasteiger partial charge in [0.2, 0.25) is 11.8 Å². The van der Waals surface area contributed by atoms with Gasteiger partial charge in [-0.3, -0.25) is 9.59 Å². The first-order chi connectivity index (χ1) is 11.1. The minimum Gasteiger partial charge on any atom is -0.490 e. The van der Waals surface area contributed by atoms with E-state index in [0.717, 1.165) is 19.6 Å². The molecule has 23 heavy (non-hydrogen) atoms. The van der Waals surface area contributed by atoms with Crippen molar-refractivity contribution in [3.05, 3.63) is 24.3 Å². The Hall–Kier alpha value is -2.12. The molecule has 2 amide bonds. The molecule has 0 atom stereocenters. The molecule has 0 heterocycles. The first-order valence-corrected chi connectivity index (χ1v) is 7.81. The number of para-hydroxylation sites is 2. The predicted octanol–water partition coefficient (Wildman–Crippen LogP) is 0.421. The van der Waals surface area contributed by atoms with Crippen LogP contribution in [0.15, 0.2) is 24.3 Å². The average molecular weight is 322 g/mol. The van der Waals surface area contributed by atoms with Gasteiger partial charge in [-0.2, -0.15) is 0 Å². The first kappa shape index (κ1) is 18.9. The molecular formula is C16H26N4O3. The summed E-state index contributed by atoms with van der Waals surface area (Å²) in [4.78, 5) is 25.1. The second kappa shape index (κ2) is 10.6. The first-order valence-electron chi connectivity index (χ1n) is 7.81. The van der Waals surface area contributed by atoms with Gasteiger partial charge in [-0.15, -0.1) is 0 Å². The van der Waals surface area contributed by atoms with Crippen molar-refractivity contribution < 1.29 is 14.3 Å². The highest BCUT2D eigenvalue weighted by atomic mass is 16.5. The number of hydrogen-bond donors (Lipinski definition) is 3. The topological polar surface area (TPSA) is 96.7 Å². The van der Waals surface area contributed by atoms with Crippen LogP contribution in [0.4, 0.5) is 5.69 Å². The summed E-state index contributed by atoms with van der Waals surface area (Å²) in [6.07, 6.45) is 0. The van der Waals surface area contributed by atoms with Gasteiger partial charge in [0.15, 0.2) is 0 Å². The van der Waals surface area contributed by atoms with E-state index in [9.17, 15) is 9.59 Å². The van der Waals surface area contributed by atoms with Crippen LogP contribution in [-0.2, 0) is 9.59 Å². The number of ether oxygens (including phenoxy) is 1. The molecule has 0 aliphatic carbocycles. The summed E-state index contributed by atoms with van der Waals surface area (Å²) >= 11 is 0. The quantitative estimate of drug-likeness (QED) is 0.580. The monoisotopic (exact) mass is 322 g/mol. The number of amides is 2. The van der Waals surface area contributed by atoms with Crippen molar-refractivity contribution in [1.82, 2.24) is 10.2 Å². The molecule has 0 aliphatic rings. The molecule has 0 saturated carbocycles. The molecule has 0 aromatic heterocycles. The lowest BCUT2D eigenvalue weighted by atomic mass is 10.3. The molecule has 4 N–H and O–H groups in total. The van der Waals surface area contributed by atoms with E-state index in [2.05, 4.69) is 29.4 Å². The van der Waals surface area contributed by atoms with E-state index >= 15 is 0 Å². The van der Waals surface area contributed by atoms with Crippen molar-refractivity contribution in [2.75, 3.05) is 44.6 Å². The average Bonchev–Trinajstić information content (AvgIpc) is 2.58. The van der Waals surface area contributed by atoms with Crippen LogP contribution in [0.3, 0.4) is 0 Å². The molecule has 0 aliphatic heterocycles. The Labute approximate surface area is 137 Å². The predicted molar refractivity (Wildman–Crippen MR) is 90.4 cm³/mol. The lowest BCUT2D eigenvalue weighted by Gasteiger charge is -2.19. The van der Waals surface area contributed by atoms with Crippen LogP contribution in [-0.4, -0.2) is 56.0 Å². The molecule has 0 unspecified atom stereocenters. The van der Waals surface area contributed by atoms with Crippen molar-refractivity contribution in [3.63, 3.8) is 0 Å². The summed E-state index contributed by atoms with van der Waals surface area (Å²) in [5.41, 5.74) is 5.75. The number of nitrogens with one attached hydrogen (secondary N) is 2. The van der Waals surface area contributed by atoms with Gasteiger partial charge in [0.25, 0.3) is 0 Å². The number of benzene rings is 1. The maximum Gasteiger partial charge on any atom is 0.243 e. The Morgan fingerprint density at radius 3 is 2.52 bits per heavy atom. The van der Waals surface area contributed by atoms with Gasteiger partial charge >= 0.3 is 0 Å². The number of nitrogens with zero attached hydrogens (tertiary/aromatic N) is 1. The van der Waals surface area contributed by atoms with Gasteiger partial charge in [-0.05, 0) is 25.2 Å². The fourth-order valence-corrected chi connectivity index (χ4v) is 1.97. The molecule has 7 heteroatoms. The highest BCUT2D eigenvalue weighted by Crippen LogP contribution is 2.23. The van der Waals surface area contributed by atoms with Crippen LogP contribution in [0.1, 0.15) is 13.8 Å². The van der Waals surface area contributed by atoms with E-state index in [4.69, 9.17) is 10.5 Å². The number of likely N-dealkylation sites (N-methyl/N-ethyl adjacent to an activating group) is 1. The van der Waals surface area contributed by atoms with Gasteiger partial charge in [-0.1, -0.05) is 26.0 Å². The van der Waals surface area contributed by atoms with Crippen molar-refractivity contribution in [1.29, 1.82) is 0 Å². The van der Waals surface area contributed by atoms with Crippen LogP contribution in [0.5, 0.6) is 5.75 Å².